The number of carbonyl (C=O) groups excluding carboxylic acids is 1. The van der Waals surface area contributed by atoms with Gasteiger partial charge in [0.1, 0.15) is 0 Å². The number of aromatic nitrogens is 2. The van der Waals surface area contributed by atoms with Gasteiger partial charge < -0.3 is 5.32 Å². The summed E-state index contributed by atoms with van der Waals surface area (Å²) in [7, 11) is 1.89. The van der Waals surface area contributed by atoms with Gasteiger partial charge in [-0.15, -0.1) is 0 Å². The van der Waals surface area contributed by atoms with E-state index in [9.17, 15) is 4.79 Å². The molecular formula is C20H26N4O. The number of aryl methyl sites for hydroxylation is 1. The first-order chi connectivity index (χ1) is 12.1. The molecule has 2 amide bonds. The molecule has 1 aromatic heterocycles. The number of rotatable bonds is 4. The van der Waals surface area contributed by atoms with Gasteiger partial charge in [-0.1, -0.05) is 36.8 Å². The molecule has 2 bridgehead atoms. The number of hydrogen-bond donors (Lipinski definition) is 2. The van der Waals surface area contributed by atoms with Gasteiger partial charge in [-0.05, 0) is 49.5 Å². The third-order valence-electron chi connectivity index (χ3n) is 5.98. The Morgan fingerprint density at radius 1 is 1.24 bits per heavy atom. The van der Waals surface area contributed by atoms with Crippen LogP contribution in [0.2, 0.25) is 0 Å². The molecule has 5 nitrogen and oxygen atoms in total. The Morgan fingerprint density at radius 2 is 2.04 bits per heavy atom. The van der Waals surface area contributed by atoms with Gasteiger partial charge in [0.15, 0.2) is 5.82 Å². The molecule has 2 aliphatic rings. The van der Waals surface area contributed by atoms with Gasteiger partial charge in [0.05, 0.1) is 5.69 Å². The van der Waals surface area contributed by atoms with Crippen LogP contribution >= 0.6 is 0 Å². The highest BCUT2D eigenvalue weighted by Gasteiger charge is 2.42. The molecule has 2 aliphatic carbocycles. The van der Waals surface area contributed by atoms with Crippen LogP contribution in [0.15, 0.2) is 36.4 Å². The van der Waals surface area contributed by atoms with Crippen molar-refractivity contribution in [2.75, 3.05) is 5.32 Å². The number of anilines is 1. The molecule has 4 rings (SSSR count). The predicted octanol–water partition coefficient (Wildman–Crippen LogP) is 4.03. The fraction of sp³-hybridized carbons (Fsp3) is 0.500. The van der Waals surface area contributed by atoms with Gasteiger partial charge in [-0.3, -0.25) is 10.00 Å². The summed E-state index contributed by atoms with van der Waals surface area (Å²) >= 11 is 0. The van der Waals surface area contributed by atoms with E-state index in [1.54, 1.807) is 4.68 Å². The van der Waals surface area contributed by atoms with E-state index in [-0.39, 0.29) is 12.1 Å². The number of urea groups is 1. The second-order valence-corrected chi connectivity index (χ2v) is 7.63. The highest BCUT2D eigenvalue weighted by atomic mass is 16.2. The summed E-state index contributed by atoms with van der Waals surface area (Å²) in [6.07, 6.45) is 5.35. The maximum Gasteiger partial charge on any atom is 0.320 e. The third kappa shape index (κ3) is 3.28. The molecule has 4 unspecified atom stereocenters. The van der Waals surface area contributed by atoms with Gasteiger partial charge in [0.2, 0.25) is 0 Å². The number of fused-ring (bicyclic) bond motifs is 2. The van der Waals surface area contributed by atoms with Crippen molar-refractivity contribution in [1.29, 1.82) is 0 Å². The molecule has 2 aromatic rings. The van der Waals surface area contributed by atoms with E-state index in [1.807, 2.05) is 43.4 Å². The van der Waals surface area contributed by atoms with Crippen molar-refractivity contribution in [1.82, 2.24) is 15.1 Å². The minimum atomic E-state index is -0.159. The van der Waals surface area contributed by atoms with Crippen molar-refractivity contribution in [3.8, 4) is 11.3 Å². The van der Waals surface area contributed by atoms with Crippen molar-refractivity contribution in [3.05, 3.63) is 36.4 Å². The average Bonchev–Trinajstić information content (AvgIpc) is 3.31. The van der Waals surface area contributed by atoms with E-state index in [2.05, 4.69) is 22.7 Å². The lowest BCUT2D eigenvalue weighted by Crippen LogP contribution is -2.42. The van der Waals surface area contributed by atoms with Crippen LogP contribution in [0.25, 0.3) is 11.3 Å². The van der Waals surface area contributed by atoms with Crippen LogP contribution in [-0.4, -0.2) is 21.9 Å². The summed E-state index contributed by atoms with van der Waals surface area (Å²) in [4.78, 5) is 12.4. The minimum Gasteiger partial charge on any atom is -0.335 e. The van der Waals surface area contributed by atoms with Crippen LogP contribution in [-0.2, 0) is 7.05 Å². The summed E-state index contributed by atoms with van der Waals surface area (Å²) < 4.78 is 1.80. The first kappa shape index (κ1) is 16.2. The molecule has 0 aliphatic heterocycles. The van der Waals surface area contributed by atoms with Crippen LogP contribution in [0.3, 0.4) is 0 Å². The second kappa shape index (κ2) is 6.54. The fourth-order valence-electron chi connectivity index (χ4n) is 4.78. The maximum atomic E-state index is 12.4. The first-order valence-electron chi connectivity index (χ1n) is 9.27. The molecule has 4 atom stereocenters. The van der Waals surface area contributed by atoms with Crippen molar-refractivity contribution < 1.29 is 4.79 Å². The van der Waals surface area contributed by atoms with Crippen molar-refractivity contribution in [2.45, 2.75) is 38.6 Å². The number of hydrogen-bond acceptors (Lipinski definition) is 2. The lowest BCUT2D eigenvalue weighted by Gasteiger charge is -2.28. The Kier molecular flexibility index (Phi) is 4.24. The molecule has 2 N–H and O–H groups in total. The van der Waals surface area contributed by atoms with E-state index in [1.165, 1.54) is 25.7 Å². The molecule has 25 heavy (non-hydrogen) atoms. The zero-order valence-electron chi connectivity index (χ0n) is 14.9. The number of carbonyl (C=O) groups is 1. The lowest BCUT2D eigenvalue weighted by atomic mass is 9.84. The zero-order chi connectivity index (χ0) is 17.4. The summed E-state index contributed by atoms with van der Waals surface area (Å²) in [5.41, 5.74) is 2.07. The standard InChI is InChI=1S/C20H26N4O/c1-13(17-11-14-8-9-16(17)10-14)21-20(25)22-19-12-18(24(2)23-19)15-6-4-3-5-7-15/h3-7,12-14,16-17H,8-11H2,1-2H3,(H2,21,22,23,25). The van der Waals surface area contributed by atoms with Crippen LogP contribution < -0.4 is 10.6 Å². The Hall–Kier alpha value is -2.30. The summed E-state index contributed by atoms with van der Waals surface area (Å²) in [6, 6.07) is 12.0. The SMILES string of the molecule is CC(NC(=O)Nc1cc(-c2ccccc2)n(C)n1)C1CC2CCC1C2. The fourth-order valence-corrected chi connectivity index (χ4v) is 4.78. The van der Waals surface area contributed by atoms with E-state index >= 15 is 0 Å². The van der Waals surface area contributed by atoms with Gasteiger partial charge in [-0.25, -0.2) is 4.79 Å². The third-order valence-corrected chi connectivity index (χ3v) is 5.98. The van der Waals surface area contributed by atoms with Crippen molar-refractivity contribution in [3.63, 3.8) is 0 Å². The molecule has 5 heteroatoms. The Balaban J connectivity index is 1.38. The Morgan fingerprint density at radius 3 is 2.72 bits per heavy atom. The quantitative estimate of drug-likeness (QED) is 0.884. The van der Waals surface area contributed by atoms with Crippen LogP contribution in [0.5, 0.6) is 0 Å². The topological polar surface area (TPSA) is 59.0 Å². The highest BCUT2D eigenvalue weighted by Crippen LogP contribution is 2.49. The molecule has 2 fully saturated rings. The summed E-state index contributed by atoms with van der Waals surface area (Å²) in [6.45, 7) is 2.14. The molecular weight excluding hydrogens is 312 g/mol. The number of nitrogens with one attached hydrogen (secondary N) is 2. The van der Waals surface area contributed by atoms with E-state index in [0.717, 1.165) is 23.1 Å². The highest BCUT2D eigenvalue weighted by molar-refractivity contribution is 5.89. The molecule has 0 radical (unpaired) electrons. The van der Waals surface area contributed by atoms with E-state index in [0.29, 0.717) is 11.7 Å². The van der Waals surface area contributed by atoms with Crippen molar-refractivity contribution >= 4 is 11.8 Å². The largest absolute Gasteiger partial charge is 0.335 e. The second-order valence-electron chi connectivity index (χ2n) is 7.63. The number of amides is 2. The normalized spacial score (nSPS) is 25.8. The zero-order valence-corrected chi connectivity index (χ0v) is 14.9. The van der Waals surface area contributed by atoms with Crippen LogP contribution in [0.1, 0.15) is 32.6 Å². The summed E-state index contributed by atoms with van der Waals surface area (Å²) in [5, 5.41) is 10.4. The Bertz CT molecular complexity index is 754. The van der Waals surface area contributed by atoms with E-state index in [4.69, 9.17) is 0 Å². The van der Waals surface area contributed by atoms with Gasteiger partial charge >= 0.3 is 6.03 Å². The van der Waals surface area contributed by atoms with Crippen LogP contribution in [0, 0.1) is 17.8 Å². The lowest BCUT2D eigenvalue weighted by molar-refractivity contribution is 0.230. The summed E-state index contributed by atoms with van der Waals surface area (Å²) in [5.74, 6) is 2.92. The molecule has 132 valence electrons. The smallest absolute Gasteiger partial charge is 0.320 e. The number of benzene rings is 1. The molecule has 0 saturated heterocycles. The molecule has 0 spiro atoms. The van der Waals surface area contributed by atoms with Gasteiger partial charge in [-0.2, -0.15) is 5.10 Å². The molecule has 1 aromatic carbocycles. The van der Waals surface area contributed by atoms with Crippen molar-refractivity contribution in [2.24, 2.45) is 24.8 Å². The van der Waals surface area contributed by atoms with Gasteiger partial charge in [0.25, 0.3) is 0 Å². The Labute approximate surface area is 148 Å². The predicted molar refractivity (Wildman–Crippen MR) is 99.2 cm³/mol. The maximum absolute atomic E-state index is 12.4. The minimum absolute atomic E-state index is 0.159. The van der Waals surface area contributed by atoms with Crippen LogP contribution in [0.4, 0.5) is 10.6 Å². The average molecular weight is 338 g/mol. The monoisotopic (exact) mass is 338 g/mol. The van der Waals surface area contributed by atoms with E-state index < -0.39 is 0 Å². The first-order valence-corrected chi connectivity index (χ1v) is 9.27. The molecule has 1 heterocycles. The number of nitrogens with zero attached hydrogens (tertiary/aromatic N) is 2. The molecule has 2 saturated carbocycles. The van der Waals surface area contributed by atoms with Gasteiger partial charge in [0, 0.05) is 19.2 Å².